The first-order valence-corrected chi connectivity index (χ1v) is 9.36. The molecule has 0 aliphatic carbocycles. The monoisotopic (exact) mass is 385 g/mol. The molecule has 1 aromatic heterocycles. The van der Waals surface area contributed by atoms with Crippen molar-refractivity contribution in [2.75, 3.05) is 6.86 Å². The summed E-state index contributed by atoms with van der Waals surface area (Å²) >= 11 is 0. The van der Waals surface area contributed by atoms with Crippen LogP contribution in [0.5, 0.6) is 5.75 Å². The van der Waals surface area contributed by atoms with Crippen molar-refractivity contribution < 1.29 is 17.9 Å². The predicted molar refractivity (Wildman–Crippen MR) is 105 cm³/mol. The van der Waals surface area contributed by atoms with Gasteiger partial charge in [-0.15, -0.1) is 0 Å². The molecule has 0 radical (unpaired) electrons. The number of ether oxygens (including phenoxy) is 1. The van der Waals surface area contributed by atoms with E-state index in [9.17, 15) is 13.2 Å². The van der Waals surface area contributed by atoms with Gasteiger partial charge in [0.05, 0.1) is 5.69 Å². The summed E-state index contributed by atoms with van der Waals surface area (Å²) in [5, 5.41) is 0. The lowest BCUT2D eigenvalue weighted by molar-refractivity contribution is 0.176. The number of halogens is 3. The zero-order valence-corrected chi connectivity index (χ0v) is 15.7. The Morgan fingerprint density at radius 3 is 2.11 bits per heavy atom. The van der Waals surface area contributed by atoms with Crippen molar-refractivity contribution in [3.8, 4) is 28.1 Å². The summed E-state index contributed by atoms with van der Waals surface area (Å²) in [5.41, 5.74) is 3.98. The number of aryl methyl sites for hydroxylation is 1. The molecule has 1 heterocycles. The summed E-state index contributed by atoms with van der Waals surface area (Å²) in [6, 6.07) is 13.6. The van der Waals surface area contributed by atoms with Crippen molar-refractivity contribution in [1.29, 1.82) is 0 Å². The number of pyridine rings is 1. The molecule has 3 rings (SSSR count). The van der Waals surface area contributed by atoms with E-state index >= 15 is 0 Å². The molecule has 5 heteroatoms. The summed E-state index contributed by atoms with van der Waals surface area (Å²) in [6.45, 7) is 0.895. The lowest BCUT2D eigenvalue weighted by atomic mass is 10.0. The Morgan fingerprint density at radius 2 is 1.54 bits per heavy atom. The number of aromatic nitrogens is 1. The highest BCUT2D eigenvalue weighted by molar-refractivity contribution is 5.69. The molecule has 0 bridgehead atoms. The highest BCUT2D eigenvalue weighted by Crippen LogP contribution is 2.30. The van der Waals surface area contributed by atoms with E-state index in [2.05, 4.69) is 22.7 Å². The van der Waals surface area contributed by atoms with E-state index in [0.717, 1.165) is 36.2 Å². The number of unbranched alkanes of at least 4 members (excludes halogenated alkanes) is 2. The molecule has 2 aromatic carbocycles. The number of hydrogen-bond acceptors (Lipinski definition) is 2. The molecule has 0 atom stereocenters. The van der Waals surface area contributed by atoms with Crippen LogP contribution in [0.4, 0.5) is 13.2 Å². The Bertz CT molecular complexity index is 885. The molecule has 0 unspecified atom stereocenters. The second-order valence-corrected chi connectivity index (χ2v) is 6.61. The summed E-state index contributed by atoms with van der Waals surface area (Å²) in [5.74, 6) is -2.57. The van der Waals surface area contributed by atoms with Gasteiger partial charge >= 0.3 is 0 Å². The number of benzene rings is 2. The zero-order chi connectivity index (χ0) is 19.9. The van der Waals surface area contributed by atoms with Crippen LogP contribution in [0, 0.1) is 11.6 Å². The Morgan fingerprint density at radius 1 is 0.857 bits per heavy atom. The lowest BCUT2D eigenvalue weighted by Gasteiger charge is -2.09. The Labute approximate surface area is 163 Å². The van der Waals surface area contributed by atoms with Crippen LogP contribution < -0.4 is 4.74 Å². The average molecular weight is 385 g/mol. The summed E-state index contributed by atoms with van der Waals surface area (Å²) in [7, 11) is 0. The highest BCUT2D eigenvalue weighted by Gasteiger charge is 2.13. The van der Waals surface area contributed by atoms with E-state index in [1.54, 1.807) is 12.1 Å². The minimum absolute atomic E-state index is 0.354. The Hall–Kier alpha value is -2.82. The van der Waals surface area contributed by atoms with Gasteiger partial charge in [-0.3, -0.25) is 4.98 Å². The van der Waals surface area contributed by atoms with Crippen molar-refractivity contribution in [2.24, 2.45) is 0 Å². The van der Waals surface area contributed by atoms with Crippen LogP contribution in [0.1, 0.15) is 31.7 Å². The van der Waals surface area contributed by atoms with E-state index in [-0.39, 0.29) is 0 Å². The first kappa shape index (κ1) is 19.9. The average Bonchev–Trinajstić information content (AvgIpc) is 2.71. The normalized spacial score (nSPS) is 10.9. The van der Waals surface area contributed by atoms with Gasteiger partial charge in [0.2, 0.25) is 6.86 Å². The Balaban J connectivity index is 1.76. The van der Waals surface area contributed by atoms with Crippen LogP contribution in [-0.4, -0.2) is 11.8 Å². The van der Waals surface area contributed by atoms with Gasteiger partial charge in [-0.2, -0.15) is 0 Å². The topological polar surface area (TPSA) is 22.1 Å². The fourth-order valence-corrected chi connectivity index (χ4v) is 3.07. The molecule has 0 N–H and O–H groups in total. The number of rotatable bonds is 8. The van der Waals surface area contributed by atoms with E-state index < -0.39 is 24.2 Å². The van der Waals surface area contributed by atoms with Crippen LogP contribution in [0.15, 0.2) is 54.7 Å². The molecule has 146 valence electrons. The fraction of sp³-hybridized carbons (Fsp3) is 0.261. The van der Waals surface area contributed by atoms with E-state index in [1.165, 1.54) is 18.4 Å². The zero-order valence-electron chi connectivity index (χ0n) is 15.7. The first-order chi connectivity index (χ1) is 13.6. The molecule has 0 amide bonds. The SMILES string of the molecule is CCCCCc1ccc(-c2ccc(-c3cc(F)c(OCF)c(F)c3)cc2)nc1. The van der Waals surface area contributed by atoms with Gasteiger partial charge in [-0.25, -0.2) is 13.2 Å². The molecule has 0 spiro atoms. The van der Waals surface area contributed by atoms with Crippen LogP contribution >= 0.6 is 0 Å². The maximum atomic E-state index is 13.9. The van der Waals surface area contributed by atoms with Gasteiger partial charge in [-0.05, 0) is 47.7 Å². The highest BCUT2D eigenvalue weighted by atomic mass is 19.1. The van der Waals surface area contributed by atoms with Crippen LogP contribution in [0.2, 0.25) is 0 Å². The van der Waals surface area contributed by atoms with Crippen molar-refractivity contribution in [3.63, 3.8) is 0 Å². The van der Waals surface area contributed by atoms with Gasteiger partial charge in [0.1, 0.15) is 0 Å². The molecule has 0 aliphatic rings. The third-order valence-electron chi connectivity index (χ3n) is 4.60. The maximum absolute atomic E-state index is 13.9. The van der Waals surface area contributed by atoms with Gasteiger partial charge in [0, 0.05) is 11.8 Å². The van der Waals surface area contributed by atoms with Gasteiger partial charge in [0.25, 0.3) is 0 Å². The molecular formula is C23H22F3NO. The minimum Gasteiger partial charge on any atom is -0.457 e. The van der Waals surface area contributed by atoms with E-state index in [1.807, 2.05) is 24.4 Å². The smallest absolute Gasteiger partial charge is 0.228 e. The van der Waals surface area contributed by atoms with E-state index in [4.69, 9.17) is 0 Å². The van der Waals surface area contributed by atoms with Gasteiger partial charge in [0.15, 0.2) is 17.4 Å². The quantitative estimate of drug-likeness (QED) is 0.401. The fourth-order valence-electron chi connectivity index (χ4n) is 3.07. The van der Waals surface area contributed by atoms with E-state index in [0.29, 0.717) is 11.1 Å². The van der Waals surface area contributed by atoms with Crippen LogP contribution in [0.25, 0.3) is 22.4 Å². The maximum Gasteiger partial charge on any atom is 0.228 e. The third kappa shape index (κ3) is 4.71. The molecule has 0 saturated heterocycles. The second-order valence-electron chi connectivity index (χ2n) is 6.61. The lowest BCUT2D eigenvalue weighted by Crippen LogP contribution is -1.97. The third-order valence-corrected chi connectivity index (χ3v) is 4.60. The van der Waals surface area contributed by atoms with Gasteiger partial charge < -0.3 is 4.74 Å². The molecule has 0 aliphatic heterocycles. The molecule has 0 saturated carbocycles. The van der Waals surface area contributed by atoms with Crippen molar-refractivity contribution >= 4 is 0 Å². The summed E-state index contributed by atoms with van der Waals surface area (Å²) < 4.78 is 44.4. The molecular weight excluding hydrogens is 363 g/mol. The molecule has 0 fully saturated rings. The van der Waals surface area contributed by atoms with Crippen molar-refractivity contribution in [3.05, 3.63) is 71.9 Å². The Kier molecular flexibility index (Phi) is 6.69. The number of alkyl halides is 1. The predicted octanol–water partition coefficient (Wildman–Crippen LogP) is 6.73. The summed E-state index contributed by atoms with van der Waals surface area (Å²) in [6.07, 6.45) is 6.49. The molecule has 2 nitrogen and oxygen atoms in total. The van der Waals surface area contributed by atoms with Gasteiger partial charge in [-0.1, -0.05) is 50.1 Å². The minimum atomic E-state index is -1.29. The largest absolute Gasteiger partial charge is 0.457 e. The van der Waals surface area contributed by atoms with Crippen LogP contribution in [-0.2, 0) is 6.42 Å². The molecule has 3 aromatic rings. The standard InChI is InChI=1S/C23H22F3NO/c1-2-3-4-5-16-6-11-22(27-14-16)18-9-7-17(8-10-18)19-12-20(25)23(28-15-24)21(26)13-19/h6-14H,2-5,15H2,1H3. The number of nitrogens with zero attached hydrogens (tertiary/aromatic N) is 1. The first-order valence-electron chi connectivity index (χ1n) is 9.36. The number of hydrogen-bond donors (Lipinski definition) is 0. The van der Waals surface area contributed by atoms with Crippen molar-refractivity contribution in [1.82, 2.24) is 4.98 Å². The van der Waals surface area contributed by atoms with Crippen LogP contribution in [0.3, 0.4) is 0 Å². The molecule has 28 heavy (non-hydrogen) atoms. The van der Waals surface area contributed by atoms with Crippen molar-refractivity contribution in [2.45, 2.75) is 32.6 Å². The second kappa shape index (κ2) is 9.40. The summed E-state index contributed by atoms with van der Waals surface area (Å²) in [4.78, 5) is 4.52.